The first-order valence-corrected chi connectivity index (χ1v) is 6.54. The molecule has 2 aliphatic carbocycles. The fraction of sp³-hybridized carbons (Fsp3) is 0.500. The Morgan fingerprint density at radius 3 is 2.67 bits per heavy atom. The number of carbonyl (C=O) groups is 1. The van der Waals surface area contributed by atoms with Gasteiger partial charge in [-0.2, -0.15) is 0 Å². The highest BCUT2D eigenvalue weighted by molar-refractivity contribution is 5.98. The van der Waals surface area contributed by atoms with E-state index >= 15 is 0 Å². The van der Waals surface area contributed by atoms with Crippen LogP contribution in [0.5, 0.6) is 0 Å². The molecule has 1 aromatic rings. The summed E-state index contributed by atoms with van der Waals surface area (Å²) >= 11 is 0. The summed E-state index contributed by atoms with van der Waals surface area (Å²) in [6.45, 7) is 1.000. The molecule has 0 unspecified atom stereocenters. The third kappa shape index (κ3) is 2.03. The molecule has 0 spiro atoms. The lowest BCUT2D eigenvalue weighted by Crippen LogP contribution is -2.18. The highest BCUT2D eigenvalue weighted by Crippen LogP contribution is 2.61. The minimum absolute atomic E-state index is 0.399. The van der Waals surface area contributed by atoms with Crippen molar-refractivity contribution in [3.8, 4) is 0 Å². The van der Waals surface area contributed by atoms with E-state index in [2.05, 4.69) is 5.32 Å². The average Bonchev–Trinajstić information content (AvgIpc) is 3.20. The first-order chi connectivity index (χ1) is 8.61. The maximum atomic E-state index is 11.2. The van der Waals surface area contributed by atoms with Gasteiger partial charge in [-0.3, -0.25) is 4.79 Å². The predicted octanol–water partition coefficient (Wildman–Crippen LogP) is 1.97. The van der Waals surface area contributed by atoms with E-state index in [1.165, 1.54) is 25.7 Å². The number of hydrogen-bond donors (Lipinski definition) is 3. The van der Waals surface area contributed by atoms with Crippen LogP contribution >= 0.6 is 0 Å². The number of carbonyl (C=O) groups excluding carboxylic acids is 1. The van der Waals surface area contributed by atoms with Gasteiger partial charge in [0, 0.05) is 17.9 Å². The Labute approximate surface area is 107 Å². The maximum Gasteiger partial charge on any atom is 0.250 e. The second kappa shape index (κ2) is 3.90. The van der Waals surface area contributed by atoms with Gasteiger partial charge in [0.1, 0.15) is 0 Å². The van der Waals surface area contributed by atoms with E-state index in [1.54, 1.807) is 12.1 Å². The monoisotopic (exact) mass is 245 g/mol. The number of nitrogen functional groups attached to an aromatic ring is 1. The van der Waals surface area contributed by atoms with Crippen molar-refractivity contribution in [1.29, 1.82) is 0 Å². The van der Waals surface area contributed by atoms with Gasteiger partial charge < -0.3 is 16.8 Å². The minimum atomic E-state index is -0.473. The summed E-state index contributed by atoms with van der Waals surface area (Å²) in [5.74, 6) is 0.453. The van der Waals surface area contributed by atoms with E-state index in [0.29, 0.717) is 16.7 Å². The number of benzene rings is 1. The number of anilines is 2. The van der Waals surface area contributed by atoms with Crippen LogP contribution in [0.2, 0.25) is 0 Å². The van der Waals surface area contributed by atoms with Crippen LogP contribution in [-0.4, -0.2) is 12.5 Å². The number of rotatable bonds is 5. The molecule has 1 aromatic carbocycles. The normalized spacial score (nSPS) is 20.4. The first kappa shape index (κ1) is 11.4. The summed E-state index contributed by atoms with van der Waals surface area (Å²) < 4.78 is 0. The smallest absolute Gasteiger partial charge is 0.250 e. The van der Waals surface area contributed by atoms with Gasteiger partial charge in [-0.15, -0.1) is 0 Å². The van der Waals surface area contributed by atoms with Gasteiger partial charge in [0.25, 0.3) is 5.91 Å². The van der Waals surface area contributed by atoms with Crippen molar-refractivity contribution in [1.82, 2.24) is 0 Å². The predicted molar refractivity (Wildman–Crippen MR) is 72.3 cm³/mol. The number of hydrogen-bond acceptors (Lipinski definition) is 3. The Bertz CT molecular complexity index is 490. The van der Waals surface area contributed by atoms with E-state index in [4.69, 9.17) is 11.5 Å². The maximum absolute atomic E-state index is 11.2. The lowest BCUT2D eigenvalue weighted by atomic mass is 10.0. The Kier molecular flexibility index (Phi) is 2.47. The van der Waals surface area contributed by atoms with Crippen LogP contribution in [0.3, 0.4) is 0 Å². The topological polar surface area (TPSA) is 81.1 Å². The number of amides is 1. The lowest BCUT2D eigenvalue weighted by Gasteiger charge is -2.16. The fourth-order valence-electron chi connectivity index (χ4n) is 2.74. The molecular formula is C14H19N3O. The standard InChI is InChI=1S/C14H19N3O/c15-12-4-3-10(7-11(12)13(16)18)17-8-14(5-6-14)9-1-2-9/h3-4,7,9,17H,1-2,5-6,8,15H2,(H2,16,18). The SMILES string of the molecule is NC(=O)c1cc(NCC2(C3CC3)CC2)ccc1N. The van der Waals surface area contributed by atoms with E-state index in [0.717, 1.165) is 18.2 Å². The molecule has 4 heteroatoms. The number of nitrogens with one attached hydrogen (secondary N) is 1. The van der Waals surface area contributed by atoms with Crippen LogP contribution in [0.15, 0.2) is 18.2 Å². The molecule has 2 aliphatic rings. The van der Waals surface area contributed by atoms with Crippen molar-refractivity contribution in [2.24, 2.45) is 17.1 Å². The number of primary amides is 1. The molecule has 96 valence electrons. The Hall–Kier alpha value is -1.71. The van der Waals surface area contributed by atoms with E-state index in [-0.39, 0.29) is 0 Å². The molecule has 4 nitrogen and oxygen atoms in total. The van der Waals surface area contributed by atoms with Crippen molar-refractivity contribution < 1.29 is 4.79 Å². The van der Waals surface area contributed by atoms with Gasteiger partial charge in [-0.05, 0) is 55.2 Å². The zero-order valence-electron chi connectivity index (χ0n) is 10.4. The molecule has 1 amide bonds. The molecule has 0 radical (unpaired) electrons. The van der Waals surface area contributed by atoms with Crippen LogP contribution in [0.4, 0.5) is 11.4 Å². The summed E-state index contributed by atoms with van der Waals surface area (Å²) in [7, 11) is 0. The summed E-state index contributed by atoms with van der Waals surface area (Å²) in [4.78, 5) is 11.2. The lowest BCUT2D eigenvalue weighted by molar-refractivity contribution is 0.100. The molecule has 2 saturated carbocycles. The Morgan fingerprint density at radius 1 is 1.39 bits per heavy atom. The van der Waals surface area contributed by atoms with Gasteiger partial charge in [-0.1, -0.05) is 0 Å². The van der Waals surface area contributed by atoms with Gasteiger partial charge in [0.15, 0.2) is 0 Å². The molecular weight excluding hydrogens is 226 g/mol. The van der Waals surface area contributed by atoms with E-state index in [9.17, 15) is 4.79 Å². The van der Waals surface area contributed by atoms with E-state index in [1.807, 2.05) is 6.07 Å². The summed E-state index contributed by atoms with van der Waals surface area (Å²) in [6.07, 6.45) is 5.44. The van der Waals surface area contributed by atoms with E-state index < -0.39 is 5.91 Å². The van der Waals surface area contributed by atoms with Crippen LogP contribution in [0.1, 0.15) is 36.0 Å². The largest absolute Gasteiger partial charge is 0.398 e. The third-order valence-corrected chi connectivity index (χ3v) is 4.30. The fourth-order valence-corrected chi connectivity index (χ4v) is 2.74. The quantitative estimate of drug-likeness (QED) is 0.694. The van der Waals surface area contributed by atoms with Gasteiger partial charge in [0.05, 0.1) is 5.56 Å². The second-order valence-electron chi connectivity index (χ2n) is 5.66. The molecule has 0 heterocycles. The molecule has 5 N–H and O–H groups in total. The second-order valence-corrected chi connectivity index (χ2v) is 5.66. The highest BCUT2D eigenvalue weighted by Gasteiger charge is 2.53. The molecule has 0 bridgehead atoms. The van der Waals surface area contributed by atoms with Gasteiger partial charge >= 0.3 is 0 Å². The Morgan fingerprint density at radius 2 is 2.11 bits per heavy atom. The molecule has 3 rings (SSSR count). The van der Waals surface area contributed by atoms with Crippen LogP contribution in [0, 0.1) is 11.3 Å². The van der Waals surface area contributed by atoms with Crippen molar-refractivity contribution in [2.75, 3.05) is 17.6 Å². The third-order valence-electron chi connectivity index (χ3n) is 4.30. The van der Waals surface area contributed by atoms with Crippen molar-refractivity contribution in [2.45, 2.75) is 25.7 Å². The average molecular weight is 245 g/mol. The van der Waals surface area contributed by atoms with Crippen LogP contribution in [-0.2, 0) is 0 Å². The summed E-state index contributed by atoms with van der Waals surface area (Å²) in [5.41, 5.74) is 13.3. The summed E-state index contributed by atoms with van der Waals surface area (Å²) in [6, 6.07) is 5.39. The molecule has 0 aliphatic heterocycles. The molecule has 0 atom stereocenters. The zero-order chi connectivity index (χ0) is 12.8. The van der Waals surface area contributed by atoms with Crippen LogP contribution in [0.25, 0.3) is 0 Å². The molecule has 0 saturated heterocycles. The van der Waals surface area contributed by atoms with Gasteiger partial charge in [-0.25, -0.2) is 0 Å². The summed E-state index contributed by atoms with van der Waals surface area (Å²) in [5, 5.41) is 3.43. The minimum Gasteiger partial charge on any atom is -0.398 e. The molecule has 0 aromatic heterocycles. The van der Waals surface area contributed by atoms with Crippen molar-refractivity contribution in [3.05, 3.63) is 23.8 Å². The first-order valence-electron chi connectivity index (χ1n) is 6.54. The van der Waals surface area contributed by atoms with Gasteiger partial charge in [0.2, 0.25) is 0 Å². The molecule has 2 fully saturated rings. The van der Waals surface area contributed by atoms with Crippen molar-refractivity contribution in [3.63, 3.8) is 0 Å². The Balaban J connectivity index is 1.69. The number of nitrogens with two attached hydrogens (primary N) is 2. The van der Waals surface area contributed by atoms with Crippen molar-refractivity contribution >= 4 is 17.3 Å². The highest BCUT2D eigenvalue weighted by atomic mass is 16.1. The zero-order valence-corrected chi connectivity index (χ0v) is 10.4. The van der Waals surface area contributed by atoms with Crippen LogP contribution < -0.4 is 16.8 Å². The molecule has 18 heavy (non-hydrogen) atoms.